The lowest BCUT2D eigenvalue weighted by atomic mass is 9.98. The zero-order valence-corrected chi connectivity index (χ0v) is 20.8. The SMILES string of the molecule is CC[C@@H](C)N(C(=O)CCC(=O)Nc1cc(C)on1)[C@H](C(=O)NC(C)(C)C)c1ccccc1Cl. The van der Waals surface area contributed by atoms with Crippen molar-refractivity contribution in [3.63, 3.8) is 0 Å². The Kier molecular flexibility index (Phi) is 9.05. The largest absolute Gasteiger partial charge is 0.360 e. The van der Waals surface area contributed by atoms with Crippen molar-refractivity contribution in [3.8, 4) is 0 Å². The Morgan fingerprint density at radius 2 is 1.85 bits per heavy atom. The van der Waals surface area contributed by atoms with Gasteiger partial charge in [-0.2, -0.15) is 0 Å². The molecule has 0 saturated heterocycles. The van der Waals surface area contributed by atoms with E-state index < -0.39 is 11.6 Å². The van der Waals surface area contributed by atoms with E-state index in [4.69, 9.17) is 16.1 Å². The zero-order chi connectivity index (χ0) is 24.8. The predicted molar refractivity (Wildman–Crippen MR) is 128 cm³/mol. The Hall–Kier alpha value is -2.87. The number of benzene rings is 1. The summed E-state index contributed by atoms with van der Waals surface area (Å²) < 4.78 is 4.94. The molecule has 0 aliphatic carbocycles. The first kappa shape index (κ1) is 26.4. The normalized spacial score (nSPS) is 13.2. The number of anilines is 1. The molecule has 0 spiro atoms. The number of halogens is 1. The summed E-state index contributed by atoms with van der Waals surface area (Å²) in [5.74, 6) is -0.148. The van der Waals surface area contributed by atoms with Crippen LogP contribution in [0.1, 0.15) is 71.2 Å². The third-order valence-corrected chi connectivity index (χ3v) is 5.38. The van der Waals surface area contributed by atoms with Crippen LogP contribution in [0.3, 0.4) is 0 Å². The molecule has 9 heteroatoms. The molecule has 1 aromatic carbocycles. The first-order valence-corrected chi connectivity index (χ1v) is 11.4. The minimum Gasteiger partial charge on any atom is -0.360 e. The summed E-state index contributed by atoms with van der Waals surface area (Å²) >= 11 is 6.45. The maximum absolute atomic E-state index is 13.4. The van der Waals surface area contributed by atoms with Crippen LogP contribution in [-0.2, 0) is 14.4 Å². The third kappa shape index (κ3) is 7.60. The highest BCUT2D eigenvalue weighted by Crippen LogP contribution is 2.31. The molecule has 2 rings (SSSR count). The first-order chi connectivity index (χ1) is 15.4. The quantitative estimate of drug-likeness (QED) is 0.548. The Morgan fingerprint density at radius 1 is 1.18 bits per heavy atom. The fraction of sp³-hybridized carbons (Fsp3) is 0.500. The van der Waals surface area contributed by atoms with Crippen molar-refractivity contribution in [1.29, 1.82) is 0 Å². The average Bonchev–Trinajstić information content (AvgIpc) is 3.13. The molecular formula is C24H33ClN4O4. The summed E-state index contributed by atoms with van der Waals surface area (Å²) in [6.07, 6.45) is 0.491. The van der Waals surface area contributed by atoms with Gasteiger partial charge in [-0.15, -0.1) is 0 Å². The van der Waals surface area contributed by atoms with Crippen LogP contribution in [0.5, 0.6) is 0 Å². The Labute approximate surface area is 200 Å². The van der Waals surface area contributed by atoms with Crippen LogP contribution >= 0.6 is 11.6 Å². The van der Waals surface area contributed by atoms with Gasteiger partial charge in [-0.1, -0.05) is 41.9 Å². The van der Waals surface area contributed by atoms with Crippen LogP contribution < -0.4 is 10.6 Å². The maximum atomic E-state index is 13.4. The highest BCUT2D eigenvalue weighted by Gasteiger charge is 2.36. The van der Waals surface area contributed by atoms with Gasteiger partial charge in [0, 0.05) is 41.1 Å². The summed E-state index contributed by atoms with van der Waals surface area (Å²) in [5, 5.41) is 9.70. The summed E-state index contributed by atoms with van der Waals surface area (Å²) in [7, 11) is 0. The lowest BCUT2D eigenvalue weighted by Crippen LogP contribution is -2.51. The average molecular weight is 477 g/mol. The Morgan fingerprint density at radius 3 is 2.39 bits per heavy atom. The molecule has 1 heterocycles. The Bertz CT molecular complexity index is 983. The number of aryl methyl sites for hydroxylation is 1. The van der Waals surface area contributed by atoms with Crippen LogP contribution in [0.2, 0.25) is 5.02 Å². The number of aromatic nitrogens is 1. The van der Waals surface area contributed by atoms with Crippen molar-refractivity contribution in [1.82, 2.24) is 15.4 Å². The lowest BCUT2D eigenvalue weighted by molar-refractivity contribution is -0.144. The van der Waals surface area contributed by atoms with E-state index in [1.54, 1.807) is 37.3 Å². The summed E-state index contributed by atoms with van der Waals surface area (Å²) in [5.41, 5.74) is 0.0354. The second-order valence-corrected chi connectivity index (χ2v) is 9.50. The third-order valence-electron chi connectivity index (χ3n) is 5.04. The second-order valence-electron chi connectivity index (χ2n) is 9.09. The molecule has 0 aliphatic rings. The fourth-order valence-electron chi connectivity index (χ4n) is 3.37. The molecule has 2 aromatic rings. The van der Waals surface area contributed by atoms with Crippen LogP contribution in [0, 0.1) is 6.92 Å². The van der Waals surface area contributed by atoms with Gasteiger partial charge in [0.05, 0.1) is 0 Å². The number of nitrogens with one attached hydrogen (secondary N) is 2. The smallest absolute Gasteiger partial charge is 0.247 e. The van der Waals surface area contributed by atoms with Gasteiger partial charge in [-0.25, -0.2) is 0 Å². The van der Waals surface area contributed by atoms with Crippen molar-refractivity contribution < 1.29 is 18.9 Å². The van der Waals surface area contributed by atoms with Crippen molar-refractivity contribution >= 4 is 35.1 Å². The molecule has 0 saturated carbocycles. The molecule has 0 radical (unpaired) electrons. The van der Waals surface area contributed by atoms with Crippen LogP contribution in [0.4, 0.5) is 5.82 Å². The molecular weight excluding hydrogens is 444 g/mol. The topological polar surface area (TPSA) is 105 Å². The van der Waals surface area contributed by atoms with Crippen LogP contribution in [-0.4, -0.2) is 39.4 Å². The number of hydrogen-bond acceptors (Lipinski definition) is 5. The van der Waals surface area contributed by atoms with Crippen LogP contribution in [0.15, 0.2) is 34.9 Å². The van der Waals surface area contributed by atoms with E-state index in [0.29, 0.717) is 28.6 Å². The molecule has 3 amide bonds. The highest BCUT2D eigenvalue weighted by atomic mass is 35.5. The van der Waals surface area contributed by atoms with Gasteiger partial charge in [0.25, 0.3) is 0 Å². The number of hydrogen-bond donors (Lipinski definition) is 2. The maximum Gasteiger partial charge on any atom is 0.247 e. The van der Waals surface area contributed by atoms with Gasteiger partial charge in [-0.05, 0) is 47.1 Å². The van der Waals surface area contributed by atoms with Crippen molar-refractivity contribution in [3.05, 3.63) is 46.7 Å². The van der Waals surface area contributed by atoms with Gasteiger partial charge >= 0.3 is 0 Å². The molecule has 8 nitrogen and oxygen atoms in total. The van der Waals surface area contributed by atoms with Crippen LogP contribution in [0.25, 0.3) is 0 Å². The van der Waals surface area contributed by atoms with Gasteiger partial charge < -0.3 is 20.1 Å². The van der Waals surface area contributed by atoms with Gasteiger partial charge in [0.1, 0.15) is 11.8 Å². The van der Waals surface area contributed by atoms with Gasteiger partial charge in [0.2, 0.25) is 17.7 Å². The molecule has 1 aromatic heterocycles. The molecule has 0 aliphatic heterocycles. The van der Waals surface area contributed by atoms with Crippen molar-refractivity contribution in [2.75, 3.05) is 5.32 Å². The summed E-state index contributed by atoms with van der Waals surface area (Å²) in [4.78, 5) is 40.7. The summed E-state index contributed by atoms with van der Waals surface area (Å²) in [6.45, 7) is 11.2. The van der Waals surface area contributed by atoms with E-state index in [-0.39, 0.29) is 36.6 Å². The predicted octanol–water partition coefficient (Wildman–Crippen LogP) is 4.64. The number of carbonyl (C=O) groups is 3. The summed E-state index contributed by atoms with van der Waals surface area (Å²) in [6, 6.07) is 7.40. The first-order valence-electron chi connectivity index (χ1n) is 11.0. The van der Waals surface area contributed by atoms with Crippen molar-refractivity contribution in [2.45, 2.75) is 78.4 Å². The zero-order valence-electron chi connectivity index (χ0n) is 20.1. The molecule has 33 heavy (non-hydrogen) atoms. The van der Waals surface area contributed by atoms with E-state index in [9.17, 15) is 14.4 Å². The molecule has 180 valence electrons. The molecule has 0 bridgehead atoms. The van der Waals surface area contributed by atoms with Gasteiger partial charge in [-0.3, -0.25) is 14.4 Å². The van der Waals surface area contributed by atoms with E-state index in [1.165, 1.54) is 4.90 Å². The van der Waals surface area contributed by atoms with E-state index in [1.807, 2.05) is 34.6 Å². The standard InChI is InChI=1S/C24H33ClN4O4/c1-7-15(2)29(21(31)13-12-20(30)26-19-14-16(3)33-28-19)22(23(32)27-24(4,5)6)17-10-8-9-11-18(17)25/h8-11,14-15,22H,7,12-13H2,1-6H3,(H,27,32)(H,26,28,30)/t15-,22+/m1/s1. The number of carbonyl (C=O) groups excluding carboxylic acids is 3. The number of nitrogens with zero attached hydrogens (tertiary/aromatic N) is 2. The number of amides is 3. The highest BCUT2D eigenvalue weighted by molar-refractivity contribution is 6.31. The van der Waals surface area contributed by atoms with E-state index in [2.05, 4.69) is 15.8 Å². The Balaban J connectivity index is 2.29. The minimum absolute atomic E-state index is 0.0617. The lowest BCUT2D eigenvalue weighted by Gasteiger charge is -2.37. The monoisotopic (exact) mass is 476 g/mol. The minimum atomic E-state index is -0.929. The van der Waals surface area contributed by atoms with Crippen molar-refractivity contribution in [2.24, 2.45) is 0 Å². The number of rotatable bonds is 9. The molecule has 0 unspecified atom stereocenters. The molecule has 0 fully saturated rings. The fourth-order valence-corrected chi connectivity index (χ4v) is 3.61. The second kappa shape index (κ2) is 11.3. The van der Waals surface area contributed by atoms with E-state index >= 15 is 0 Å². The van der Waals surface area contributed by atoms with E-state index in [0.717, 1.165) is 0 Å². The molecule has 2 atom stereocenters. The van der Waals surface area contributed by atoms with Gasteiger partial charge in [0.15, 0.2) is 5.82 Å². The molecule has 2 N–H and O–H groups in total.